The van der Waals surface area contributed by atoms with E-state index >= 15 is 0 Å². The second-order valence-electron chi connectivity index (χ2n) is 17.6. The van der Waals surface area contributed by atoms with Crippen LogP contribution in [0.2, 0.25) is 0 Å². The molecule has 0 saturated carbocycles. The Morgan fingerprint density at radius 2 is 0.812 bits per heavy atom. The minimum absolute atomic E-state index is 0.540. The van der Waals surface area contributed by atoms with E-state index < -0.39 is 0 Å². The Hall–Kier alpha value is -9.39. The smallest absolute Gasteiger partial charge is 0.238 e. The summed E-state index contributed by atoms with van der Waals surface area (Å²) >= 11 is 0. The zero-order valence-electron chi connectivity index (χ0n) is 37.2. The summed E-state index contributed by atoms with van der Waals surface area (Å²) < 4.78 is 10.8. The molecule has 322 valence electrons. The van der Waals surface area contributed by atoms with Crippen molar-refractivity contribution >= 4 is 65.6 Å². The number of furan rings is 1. The molecule has 0 aliphatic heterocycles. The van der Waals surface area contributed by atoms with E-state index in [1.165, 1.54) is 10.8 Å². The van der Waals surface area contributed by atoms with Crippen molar-refractivity contribution in [3.8, 4) is 67.8 Å². The minimum Gasteiger partial charge on any atom is -0.456 e. The van der Waals surface area contributed by atoms with Crippen LogP contribution in [0.1, 0.15) is 0 Å². The summed E-state index contributed by atoms with van der Waals surface area (Å²) in [6.07, 6.45) is 0. The van der Waals surface area contributed by atoms with Gasteiger partial charge in [0.25, 0.3) is 0 Å². The molecular weight excluding hydrogens is 843 g/mol. The van der Waals surface area contributed by atoms with Gasteiger partial charge in [-0.1, -0.05) is 176 Å². The molecule has 0 spiro atoms. The zero-order chi connectivity index (χ0) is 45.4. The average Bonchev–Trinajstić information content (AvgIpc) is 4.09. The summed E-state index contributed by atoms with van der Waals surface area (Å²) in [5, 5.41) is 6.88. The first-order chi connectivity index (χ1) is 34.2. The Bertz CT molecular complexity index is 4260. The molecule has 69 heavy (non-hydrogen) atoms. The Morgan fingerprint density at radius 3 is 1.55 bits per heavy atom. The molecular formula is C63H39N5O. The van der Waals surface area contributed by atoms with Gasteiger partial charge in [-0.2, -0.15) is 9.97 Å². The number of para-hydroxylation sites is 5. The van der Waals surface area contributed by atoms with Crippen LogP contribution in [0.5, 0.6) is 0 Å². The van der Waals surface area contributed by atoms with Gasteiger partial charge >= 0.3 is 0 Å². The molecule has 6 heteroatoms. The first-order valence-electron chi connectivity index (χ1n) is 23.3. The van der Waals surface area contributed by atoms with Crippen molar-refractivity contribution in [3.05, 3.63) is 237 Å². The summed E-state index contributed by atoms with van der Waals surface area (Å²) in [7, 11) is 0. The van der Waals surface area contributed by atoms with Gasteiger partial charge in [0.15, 0.2) is 11.6 Å². The second-order valence-corrected chi connectivity index (χ2v) is 17.6. The van der Waals surface area contributed by atoms with Crippen molar-refractivity contribution in [3.63, 3.8) is 0 Å². The first-order valence-corrected chi connectivity index (χ1v) is 23.3. The zero-order valence-corrected chi connectivity index (χ0v) is 37.2. The topological polar surface area (TPSA) is 61.7 Å². The van der Waals surface area contributed by atoms with Crippen molar-refractivity contribution in [1.29, 1.82) is 0 Å². The SMILES string of the molecule is c1ccc(-c2nc(-c3ccc(-n4c5ccccc5c5ccccc54)c(-c4ccccc4)c3)nc(-n3c4ccccc4c4cccc(-c5cccc(-c6ccc7oc8ccccc8c7c6)c5)c43)n2)cc1. The molecule has 0 radical (unpaired) electrons. The molecule has 0 fully saturated rings. The molecule has 0 amide bonds. The van der Waals surface area contributed by atoms with Crippen LogP contribution in [-0.2, 0) is 0 Å². The van der Waals surface area contributed by atoms with Crippen molar-refractivity contribution in [1.82, 2.24) is 24.1 Å². The van der Waals surface area contributed by atoms with Crippen LogP contribution in [0.3, 0.4) is 0 Å². The summed E-state index contributed by atoms with van der Waals surface area (Å²) in [6.45, 7) is 0. The average molecular weight is 882 g/mol. The molecule has 6 nitrogen and oxygen atoms in total. The number of hydrogen-bond donors (Lipinski definition) is 0. The van der Waals surface area contributed by atoms with Crippen molar-refractivity contribution in [2.45, 2.75) is 0 Å². The molecule has 10 aromatic carbocycles. The fraction of sp³-hybridized carbons (Fsp3) is 0. The van der Waals surface area contributed by atoms with E-state index in [-0.39, 0.29) is 0 Å². The molecule has 4 aromatic heterocycles. The Morgan fingerprint density at radius 1 is 0.290 bits per heavy atom. The number of hydrogen-bond acceptors (Lipinski definition) is 4. The number of rotatable bonds is 7. The molecule has 14 aromatic rings. The highest BCUT2D eigenvalue weighted by molar-refractivity contribution is 6.14. The van der Waals surface area contributed by atoms with Gasteiger partial charge in [0.05, 0.1) is 27.8 Å². The summed E-state index contributed by atoms with van der Waals surface area (Å²) in [6, 6.07) is 83.4. The fourth-order valence-corrected chi connectivity index (χ4v) is 10.4. The molecule has 0 aliphatic rings. The fourth-order valence-electron chi connectivity index (χ4n) is 10.4. The third-order valence-electron chi connectivity index (χ3n) is 13.6. The van der Waals surface area contributed by atoms with Crippen LogP contribution in [-0.4, -0.2) is 24.1 Å². The highest BCUT2D eigenvalue weighted by Gasteiger charge is 2.22. The molecule has 0 atom stereocenters. The Labute approximate surface area is 396 Å². The quantitative estimate of drug-likeness (QED) is 0.160. The lowest BCUT2D eigenvalue weighted by Crippen LogP contribution is -2.07. The monoisotopic (exact) mass is 881 g/mol. The van der Waals surface area contributed by atoms with Crippen molar-refractivity contribution < 1.29 is 4.42 Å². The maximum absolute atomic E-state index is 6.20. The second kappa shape index (κ2) is 15.6. The van der Waals surface area contributed by atoms with Crippen molar-refractivity contribution in [2.75, 3.05) is 0 Å². The molecule has 14 rings (SSSR count). The van der Waals surface area contributed by atoms with E-state index in [1.54, 1.807) is 0 Å². The first kappa shape index (κ1) is 38.8. The van der Waals surface area contributed by atoms with Crippen LogP contribution in [0, 0.1) is 0 Å². The third kappa shape index (κ3) is 6.30. The molecule has 0 unspecified atom stereocenters. The highest BCUT2D eigenvalue weighted by Crippen LogP contribution is 2.42. The molecule has 4 heterocycles. The number of fused-ring (bicyclic) bond motifs is 9. The van der Waals surface area contributed by atoms with Crippen LogP contribution in [0.15, 0.2) is 241 Å². The van der Waals surface area contributed by atoms with Crippen LogP contribution < -0.4 is 0 Å². The lowest BCUT2D eigenvalue weighted by molar-refractivity contribution is 0.669. The number of aromatic nitrogens is 5. The maximum Gasteiger partial charge on any atom is 0.238 e. The summed E-state index contributed by atoms with van der Waals surface area (Å²) in [5.74, 6) is 1.71. The Kier molecular flexibility index (Phi) is 8.79. The van der Waals surface area contributed by atoms with Crippen molar-refractivity contribution in [2.24, 2.45) is 0 Å². The van der Waals surface area contributed by atoms with Crippen LogP contribution in [0.4, 0.5) is 0 Å². The van der Waals surface area contributed by atoms with Gasteiger partial charge < -0.3 is 8.98 Å². The van der Waals surface area contributed by atoms with E-state index in [2.05, 4.69) is 215 Å². The predicted octanol–water partition coefficient (Wildman–Crippen LogP) is 16.3. The Balaban J connectivity index is 0.985. The van der Waals surface area contributed by atoms with Gasteiger partial charge in [-0.25, -0.2) is 4.98 Å². The van der Waals surface area contributed by atoms with E-state index in [4.69, 9.17) is 19.4 Å². The van der Waals surface area contributed by atoms with Crippen LogP contribution >= 0.6 is 0 Å². The maximum atomic E-state index is 6.20. The lowest BCUT2D eigenvalue weighted by Gasteiger charge is -2.16. The van der Waals surface area contributed by atoms with Gasteiger partial charge in [-0.3, -0.25) is 4.57 Å². The van der Waals surface area contributed by atoms with E-state index in [1.807, 2.05) is 30.3 Å². The van der Waals surface area contributed by atoms with Gasteiger partial charge in [-0.05, 0) is 82.9 Å². The lowest BCUT2D eigenvalue weighted by atomic mass is 9.96. The minimum atomic E-state index is 0.540. The predicted molar refractivity (Wildman–Crippen MR) is 283 cm³/mol. The standard InChI is InChI=1S/C63H39N5O/c1-3-17-40(18-4-1)52-39-45(33-35-57(52)67-54-29-11-7-23-47(54)48-24-8-12-30-55(48)67)62-64-61(41-19-5-2-6-20-41)65-63(66-62)68-56-31-13-9-25-49(56)51-28-16-27-46(60(51)68)44-22-15-21-42(37-44)43-34-36-59-53(38-43)50-26-10-14-32-58(50)69-59/h1-39H. The normalized spacial score (nSPS) is 11.8. The van der Waals surface area contributed by atoms with Gasteiger partial charge in [0.1, 0.15) is 11.2 Å². The third-order valence-corrected chi connectivity index (χ3v) is 13.6. The molecule has 0 saturated heterocycles. The molecule has 0 aliphatic carbocycles. The van der Waals surface area contributed by atoms with E-state index in [0.29, 0.717) is 17.6 Å². The van der Waals surface area contributed by atoms with Crippen LogP contribution in [0.25, 0.3) is 133 Å². The van der Waals surface area contributed by atoms with E-state index in [9.17, 15) is 0 Å². The summed E-state index contributed by atoms with van der Waals surface area (Å²) in [5.41, 5.74) is 15.5. The summed E-state index contributed by atoms with van der Waals surface area (Å²) in [4.78, 5) is 16.1. The number of nitrogens with zero attached hydrogens (tertiary/aromatic N) is 5. The van der Waals surface area contributed by atoms with Gasteiger partial charge in [0.2, 0.25) is 5.95 Å². The van der Waals surface area contributed by atoms with Gasteiger partial charge in [-0.15, -0.1) is 0 Å². The van der Waals surface area contributed by atoms with E-state index in [0.717, 1.165) is 105 Å². The molecule has 0 bridgehead atoms. The van der Waals surface area contributed by atoms with Gasteiger partial charge in [0, 0.05) is 54.6 Å². The highest BCUT2D eigenvalue weighted by atomic mass is 16.3. The molecule has 0 N–H and O–H groups in total. The largest absolute Gasteiger partial charge is 0.456 e. The number of benzene rings is 10.